The maximum atomic E-state index is 5.55. The van der Waals surface area contributed by atoms with Crippen LogP contribution in [-0.2, 0) is 21.7 Å². The third kappa shape index (κ3) is 4.89. The van der Waals surface area contributed by atoms with Gasteiger partial charge in [0, 0.05) is 21.7 Å². The third-order valence-corrected chi connectivity index (χ3v) is 2.17. The zero-order valence-corrected chi connectivity index (χ0v) is 12.8. The van der Waals surface area contributed by atoms with E-state index in [2.05, 4.69) is 24.3 Å². The molecule has 0 aromatic heterocycles. The van der Waals surface area contributed by atoms with Crippen LogP contribution in [0.25, 0.3) is 5.57 Å². The summed E-state index contributed by atoms with van der Waals surface area (Å²) in [5.74, 6) is 0.948. The van der Waals surface area contributed by atoms with Gasteiger partial charge in [-0.15, -0.1) is 37.0 Å². The van der Waals surface area contributed by atoms with Gasteiger partial charge in [0.15, 0.2) is 0 Å². The predicted molar refractivity (Wildman–Crippen MR) is 72.5 cm³/mol. The Balaban J connectivity index is 0. The van der Waals surface area contributed by atoms with Gasteiger partial charge < -0.3 is 4.74 Å². The van der Waals surface area contributed by atoms with Gasteiger partial charge in [-0.2, -0.15) is 17.7 Å². The summed E-state index contributed by atoms with van der Waals surface area (Å²) < 4.78 is 5.55. The van der Waals surface area contributed by atoms with E-state index in [1.165, 1.54) is 0 Å². The molecule has 0 N–H and O–H groups in total. The molecule has 0 unspecified atom stereocenters. The second-order valence-corrected chi connectivity index (χ2v) is 3.13. The molecule has 0 saturated heterocycles. The maximum absolute atomic E-state index is 5.55. The summed E-state index contributed by atoms with van der Waals surface area (Å²) in [7, 11) is 0. The first kappa shape index (κ1) is 19.1. The van der Waals surface area contributed by atoms with Crippen LogP contribution in [0.1, 0.15) is 18.9 Å². The van der Waals surface area contributed by atoms with Crippen LogP contribution >= 0.6 is 24.8 Å². The zero-order chi connectivity index (χ0) is 9.80. The van der Waals surface area contributed by atoms with Gasteiger partial charge in [0.25, 0.3) is 0 Å². The molecule has 0 spiro atoms. The Labute approximate surface area is 130 Å². The van der Waals surface area contributed by atoms with Gasteiger partial charge in [-0.05, 0) is 13.0 Å². The summed E-state index contributed by atoms with van der Waals surface area (Å²) in [4.78, 5) is 0. The van der Waals surface area contributed by atoms with Crippen molar-refractivity contribution in [2.75, 3.05) is 6.61 Å². The number of ether oxygens (including phenoxy) is 1. The molecule has 2 rings (SSSR count). The van der Waals surface area contributed by atoms with E-state index in [9.17, 15) is 0 Å². The fourth-order valence-electron chi connectivity index (χ4n) is 1.56. The van der Waals surface area contributed by atoms with Gasteiger partial charge in [0.1, 0.15) is 0 Å². The summed E-state index contributed by atoms with van der Waals surface area (Å²) in [6.07, 6.45) is 8.41. The van der Waals surface area contributed by atoms with E-state index >= 15 is 0 Å². The molecule has 1 aliphatic rings. The summed E-state index contributed by atoms with van der Waals surface area (Å²) in [6, 6.07) is 8.09. The van der Waals surface area contributed by atoms with Crippen molar-refractivity contribution in [1.82, 2.24) is 0 Å². The number of para-hydroxylation sites is 1. The first-order valence-electron chi connectivity index (χ1n) is 4.91. The molecule has 1 nitrogen and oxygen atoms in total. The van der Waals surface area contributed by atoms with E-state index in [0.29, 0.717) is 6.61 Å². The van der Waals surface area contributed by atoms with E-state index in [0.717, 1.165) is 23.3 Å². The first-order valence-corrected chi connectivity index (χ1v) is 4.91. The summed E-state index contributed by atoms with van der Waals surface area (Å²) >= 11 is 0. The SMILES string of the molecule is CCOc1ccccc1C1=[C-]CC=C1.Cl.Cl.[Ti]. The van der Waals surface area contributed by atoms with Gasteiger partial charge in [-0.25, -0.2) is 0 Å². The number of hydrogen-bond donors (Lipinski definition) is 0. The number of allylic oxidation sites excluding steroid dienone is 4. The minimum absolute atomic E-state index is 0. The van der Waals surface area contributed by atoms with Gasteiger partial charge >= 0.3 is 0 Å². The van der Waals surface area contributed by atoms with E-state index in [4.69, 9.17) is 4.74 Å². The number of benzene rings is 1. The van der Waals surface area contributed by atoms with Crippen molar-refractivity contribution in [3.05, 3.63) is 48.1 Å². The molecule has 0 saturated carbocycles. The van der Waals surface area contributed by atoms with Crippen LogP contribution in [0.15, 0.2) is 36.4 Å². The van der Waals surface area contributed by atoms with Crippen LogP contribution in [0.2, 0.25) is 0 Å². The Bertz CT molecular complexity index is 389. The van der Waals surface area contributed by atoms with Gasteiger partial charge in [-0.3, -0.25) is 0 Å². The normalized spacial score (nSPS) is 11.7. The Morgan fingerprint density at radius 2 is 1.94 bits per heavy atom. The summed E-state index contributed by atoms with van der Waals surface area (Å²) in [5, 5.41) is 0. The topological polar surface area (TPSA) is 9.23 Å². The molecule has 1 aliphatic carbocycles. The molecule has 0 amide bonds. The van der Waals surface area contributed by atoms with Crippen molar-refractivity contribution in [3.63, 3.8) is 0 Å². The van der Waals surface area contributed by atoms with Crippen molar-refractivity contribution >= 4 is 30.4 Å². The maximum Gasteiger partial charge on any atom is 0.0838 e. The van der Waals surface area contributed by atoms with E-state index < -0.39 is 0 Å². The van der Waals surface area contributed by atoms with Crippen LogP contribution in [0.5, 0.6) is 5.75 Å². The minimum atomic E-state index is 0. The summed E-state index contributed by atoms with van der Waals surface area (Å²) in [6.45, 7) is 2.70. The molecule has 4 heteroatoms. The molecule has 0 aliphatic heterocycles. The smallest absolute Gasteiger partial charge is 0.0838 e. The first-order chi connectivity index (χ1) is 6.92. The van der Waals surface area contributed by atoms with E-state index in [-0.39, 0.29) is 46.5 Å². The van der Waals surface area contributed by atoms with Gasteiger partial charge in [0.05, 0.1) is 12.4 Å². The van der Waals surface area contributed by atoms with Crippen LogP contribution in [-0.4, -0.2) is 6.61 Å². The molecule has 0 radical (unpaired) electrons. The van der Waals surface area contributed by atoms with Crippen LogP contribution < -0.4 is 4.74 Å². The van der Waals surface area contributed by atoms with Gasteiger partial charge in [0.2, 0.25) is 0 Å². The Hall–Kier alpha value is -0.206. The average Bonchev–Trinajstić information content (AvgIpc) is 2.72. The molecule has 92 valence electrons. The molecule has 0 fully saturated rings. The molecular weight excluding hydrogens is 291 g/mol. The Morgan fingerprint density at radius 1 is 1.24 bits per heavy atom. The van der Waals surface area contributed by atoms with Crippen LogP contribution in [0.3, 0.4) is 0 Å². The molecule has 1 aromatic carbocycles. The standard InChI is InChI=1S/C13H13O.2ClH.Ti/c1-2-14-13-10-6-5-9-12(13)11-7-3-4-8-11;;;/h3,5-7,9-10H,2,4H2,1H3;2*1H;/q-1;;;. The van der Waals surface area contributed by atoms with Crippen molar-refractivity contribution < 1.29 is 26.5 Å². The predicted octanol–water partition coefficient (Wildman–Crippen LogP) is 4.07. The number of halogens is 2. The summed E-state index contributed by atoms with van der Waals surface area (Å²) in [5.41, 5.74) is 2.29. The third-order valence-electron chi connectivity index (χ3n) is 2.17. The zero-order valence-electron chi connectivity index (χ0n) is 9.60. The molecule has 0 atom stereocenters. The molecule has 0 bridgehead atoms. The Morgan fingerprint density at radius 3 is 2.53 bits per heavy atom. The fraction of sp³-hybridized carbons (Fsp3) is 0.231. The van der Waals surface area contributed by atoms with E-state index in [1.54, 1.807) is 0 Å². The molecule has 1 aromatic rings. The van der Waals surface area contributed by atoms with Crippen LogP contribution in [0, 0.1) is 6.08 Å². The minimum Gasteiger partial charge on any atom is -0.506 e. The van der Waals surface area contributed by atoms with E-state index in [1.807, 2.05) is 25.1 Å². The average molecular weight is 306 g/mol. The molecular formula is C13H15Cl2OTi-. The second kappa shape index (κ2) is 9.79. The monoisotopic (exact) mass is 305 g/mol. The largest absolute Gasteiger partial charge is 0.506 e. The van der Waals surface area contributed by atoms with Crippen molar-refractivity contribution in [2.45, 2.75) is 13.3 Å². The molecule has 0 heterocycles. The van der Waals surface area contributed by atoms with Crippen LogP contribution in [0.4, 0.5) is 0 Å². The van der Waals surface area contributed by atoms with Gasteiger partial charge in [-0.1, -0.05) is 24.1 Å². The number of rotatable bonds is 3. The second-order valence-electron chi connectivity index (χ2n) is 3.13. The molecule has 17 heavy (non-hydrogen) atoms. The Kier molecular flexibility index (Phi) is 11.0. The number of hydrogen-bond acceptors (Lipinski definition) is 1. The van der Waals surface area contributed by atoms with Crippen molar-refractivity contribution in [1.29, 1.82) is 0 Å². The van der Waals surface area contributed by atoms with Crippen molar-refractivity contribution in [2.24, 2.45) is 0 Å². The van der Waals surface area contributed by atoms with Crippen molar-refractivity contribution in [3.8, 4) is 5.75 Å². The quantitative estimate of drug-likeness (QED) is 0.604. The fourth-order valence-corrected chi connectivity index (χ4v) is 1.56.